The molecule has 3 aromatic heterocycles. The van der Waals surface area contributed by atoms with Crippen LogP contribution in [0.4, 0.5) is 0 Å². The van der Waals surface area contributed by atoms with Crippen LogP contribution in [0.3, 0.4) is 0 Å². The zero-order valence-electron chi connectivity index (χ0n) is 35.8. The second-order valence-corrected chi connectivity index (χ2v) is 17.4. The van der Waals surface area contributed by atoms with Crippen LogP contribution in [0, 0.1) is 0 Å². The molecule has 5 atom stereocenters. The summed E-state index contributed by atoms with van der Waals surface area (Å²) >= 11 is 0. The Balaban J connectivity index is 1.24. The van der Waals surface area contributed by atoms with Gasteiger partial charge in [0.15, 0.2) is 0 Å². The van der Waals surface area contributed by atoms with Crippen LogP contribution >= 0.6 is 0 Å². The number of para-hydroxylation sites is 2. The van der Waals surface area contributed by atoms with Crippen molar-refractivity contribution in [3.05, 3.63) is 126 Å². The van der Waals surface area contributed by atoms with Crippen LogP contribution in [-0.2, 0) is 59.9 Å². The van der Waals surface area contributed by atoms with E-state index in [1.165, 1.54) is 6.33 Å². The Morgan fingerprint density at radius 2 is 1.23 bits per heavy atom. The van der Waals surface area contributed by atoms with Gasteiger partial charge in [-0.05, 0) is 61.1 Å². The van der Waals surface area contributed by atoms with Crippen LogP contribution in [0.15, 0.2) is 104 Å². The van der Waals surface area contributed by atoms with Gasteiger partial charge in [-0.3, -0.25) is 29.4 Å². The lowest BCUT2D eigenvalue weighted by molar-refractivity contribution is -0.132. The third-order valence-electron chi connectivity index (χ3n) is 10.9. The van der Waals surface area contributed by atoms with Gasteiger partial charge >= 0.3 is 0 Å². The molecule has 21 heteroatoms. The van der Waals surface area contributed by atoms with Gasteiger partial charge in [0.2, 0.25) is 23.6 Å². The van der Waals surface area contributed by atoms with Gasteiger partial charge in [0.05, 0.1) is 18.1 Å². The number of unbranched alkanes of at least 4 members (excludes halogenated alkanes) is 1. The molecule has 344 valence electrons. The summed E-state index contributed by atoms with van der Waals surface area (Å²) in [6.45, 7) is 0.378. The summed E-state index contributed by atoms with van der Waals surface area (Å²) < 4.78 is 31.3. The molecule has 0 aliphatic carbocycles. The largest absolute Gasteiger partial charge is 0.368 e. The van der Waals surface area contributed by atoms with E-state index in [1.54, 1.807) is 61.1 Å². The van der Waals surface area contributed by atoms with Crippen LogP contribution in [0.5, 0.6) is 0 Å². The van der Waals surface area contributed by atoms with E-state index in [1.807, 2.05) is 36.4 Å². The number of benzene rings is 3. The van der Waals surface area contributed by atoms with Crippen LogP contribution in [0.1, 0.15) is 41.6 Å². The second kappa shape index (κ2) is 22.1. The third kappa shape index (κ3) is 12.9. The fourth-order valence-corrected chi connectivity index (χ4v) is 8.29. The lowest BCUT2D eigenvalue weighted by Gasteiger charge is -2.27. The number of hydrogen-bond donors (Lipinski definition) is 11. The molecule has 6 aromatic rings. The van der Waals surface area contributed by atoms with Crippen molar-refractivity contribution in [2.45, 2.75) is 75.2 Å². The number of carbonyl (C=O) groups is 5. The van der Waals surface area contributed by atoms with E-state index in [-0.39, 0.29) is 32.1 Å². The zero-order valence-corrected chi connectivity index (χ0v) is 36.6. The quantitative estimate of drug-likeness (QED) is 0.0290. The number of hydrazine groups is 1. The van der Waals surface area contributed by atoms with Gasteiger partial charge < -0.3 is 48.1 Å². The van der Waals surface area contributed by atoms with Crippen molar-refractivity contribution in [2.24, 2.45) is 17.2 Å². The molecule has 0 saturated heterocycles. The van der Waals surface area contributed by atoms with Gasteiger partial charge in [-0.2, -0.15) is 13.1 Å². The van der Waals surface area contributed by atoms with E-state index in [2.05, 4.69) is 46.0 Å². The van der Waals surface area contributed by atoms with Crippen molar-refractivity contribution >= 4 is 61.6 Å². The highest BCUT2D eigenvalue weighted by molar-refractivity contribution is 7.87. The highest BCUT2D eigenvalue weighted by Gasteiger charge is 2.34. The smallest absolute Gasteiger partial charge is 0.297 e. The number of primary amides is 1. The molecule has 65 heavy (non-hydrogen) atoms. The van der Waals surface area contributed by atoms with E-state index in [0.717, 1.165) is 23.5 Å². The molecule has 0 aliphatic heterocycles. The van der Waals surface area contributed by atoms with Crippen LogP contribution in [-0.4, -0.2) is 106 Å². The lowest BCUT2D eigenvalue weighted by Crippen LogP contribution is -2.60. The highest BCUT2D eigenvalue weighted by atomic mass is 32.2. The molecular weight excluding hydrogens is 855 g/mol. The maximum Gasteiger partial charge on any atom is 0.297 e. The zero-order chi connectivity index (χ0) is 46.5. The minimum absolute atomic E-state index is 0.0237. The first kappa shape index (κ1) is 47.6. The normalized spacial score (nSPS) is 14.0. The Kier molecular flexibility index (Phi) is 16.2. The number of H-pyrrole nitrogens is 3. The van der Waals surface area contributed by atoms with E-state index in [0.29, 0.717) is 51.6 Å². The van der Waals surface area contributed by atoms with Gasteiger partial charge in [-0.1, -0.05) is 66.7 Å². The molecule has 0 spiro atoms. The number of amides is 5. The average Bonchev–Trinajstić information content (AvgIpc) is 4.06. The summed E-state index contributed by atoms with van der Waals surface area (Å²) in [6, 6.07) is 17.1. The van der Waals surface area contributed by atoms with Crippen molar-refractivity contribution in [3.8, 4) is 0 Å². The Morgan fingerprint density at radius 3 is 1.83 bits per heavy atom. The molecule has 0 bridgehead atoms. The second-order valence-electron chi connectivity index (χ2n) is 15.7. The molecule has 0 saturated carbocycles. The van der Waals surface area contributed by atoms with Crippen molar-refractivity contribution in [1.29, 1.82) is 0 Å². The van der Waals surface area contributed by atoms with Gasteiger partial charge in [0.25, 0.3) is 16.1 Å². The van der Waals surface area contributed by atoms with Crippen LogP contribution in [0.2, 0.25) is 0 Å². The third-order valence-corrected chi connectivity index (χ3v) is 12.3. The fourth-order valence-electron chi connectivity index (χ4n) is 7.37. The van der Waals surface area contributed by atoms with Crippen molar-refractivity contribution in [1.82, 2.24) is 50.4 Å². The molecule has 0 fully saturated rings. The monoisotopic (exact) mass is 909 g/mol. The van der Waals surface area contributed by atoms with Gasteiger partial charge in [-0.15, -0.1) is 4.41 Å². The summed E-state index contributed by atoms with van der Waals surface area (Å²) in [7, 11) is -3.71. The molecular formula is C44H55N13O7S. The maximum atomic E-state index is 14.4. The number of nitrogens with one attached hydrogen (secondary N) is 8. The Morgan fingerprint density at radius 1 is 0.677 bits per heavy atom. The van der Waals surface area contributed by atoms with E-state index in [4.69, 9.17) is 17.2 Å². The predicted molar refractivity (Wildman–Crippen MR) is 244 cm³/mol. The standard InChI is InChI=1S/C44H55N13O7S/c1-57(55-44(62)38(20-28-23-49-34-15-7-5-13-31(28)34)53-41(59)33(46)22-30-25-48-26-51-30)65(63,64)56-39(21-29-24-50-35-16-8-6-14-32(29)35)43(61)54-37(19-27-11-3-2-4-12-27)42(60)52-36(40(47)58)17-9-10-18-45/h2-8,11-16,23-26,33,36-39,49-50,56H,9-10,17-22,45-46H2,1H3,(H2,47,58)(H,48,51)(H,52,60)(H,53,59)(H,54,61)(H,55,62)/t33-,36-,37+,38+,39-/m0/s1. The summed E-state index contributed by atoms with van der Waals surface area (Å²) in [6.07, 6.45) is 7.46. The molecule has 6 rings (SSSR count). The summed E-state index contributed by atoms with van der Waals surface area (Å²) in [5.41, 5.74) is 23.8. The summed E-state index contributed by atoms with van der Waals surface area (Å²) in [5, 5.41) is 9.53. The first-order chi connectivity index (χ1) is 31.2. The first-order valence-electron chi connectivity index (χ1n) is 21.1. The highest BCUT2D eigenvalue weighted by Crippen LogP contribution is 2.21. The van der Waals surface area contributed by atoms with Gasteiger partial charge in [0.1, 0.15) is 24.2 Å². The van der Waals surface area contributed by atoms with Gasteiger partial charge in [-0.25, -0.2) is 4.98 Å². The Labute approximate surface area is 375 Å². The van der Waals surface area contributed by atoms with E-state index in [9.17, 15) is 32.4 Å². The number of nitrogens with zero attached hydrogens (tertiary/aromatic N) is 2. The molecule has 20 nitrogen and oxygen atoms in total. The minimum atomic E-state index is -4.77. The van der Waals surface area contributed by atoms with Crippen LogP contribution < -0.4 is 43.3 Å². The molecule has 0 radical (unpaired) electrons. The molecule has 3 aromatic carbocycles. The molecule has 0 aliphatic rings. The minimum Gasteiger partial charge on any atom is -0.368 e. The Bertz CT molecular complexity index is 2670. The topological polar surface area (TPSA) is 321 Å². The average molecular weight is 910 g/mol. The number of rotatable bonds is 24. The van der Waals surface area contributed by atoms with E-state index < -0.39 is 70.0 Å². The number of aromatic nitrogens is 4. The maximum absolute atomic E-state index is 14.4. The summed E-state index contributed by atoms with van der Waals surface area (Å²) in [4.78, 5) is 81.4. The van der Waals surface area contributed by atoms with Crippen molar-refractivity contribution in [3.63, 3.8) is 0 Å². The number of hydrogen-bond acceptors (Lipinski definition) is 10. The fraction of sp³-hybridized carbons (Fsp3) is 0.318. The summed E-state index contributed by atoms with van der Waals surface area (Å²) in [5.74, 6) is -3.96. The molecule has 3 heterocycles. The molecule has 5 amide bonds. The number of fused-ring (bicyclic) bond motifs is 2. The Hall–Kier alpha value is -6.91. The van der Waals surface area contributed by atoms with Crippen LogP contribution in [0.25, 0.3) is 21.8 Å². The number of nitrogens with two attached hydrogens (primary N) is 3. The van der Waals surface area contributed by atoms with E-state index >= 15 is 0 Å². The number of carbonyl (C=O) groups excluding carboxylic acids is 5. The first-order valence-corrected chi connectivity index (χ1v) is 22.5. The SMILES string of the molecule is CN(NC(=O)[C@@H](Cc1c[nH]c2ccccc12)NC(=O)[C@@H](N)Cc1c[nH]cn1)S(=O)(=O)N[C@@H](Cc1c[nH]c2ccccc12)C(=O)N[C@H](Cc1ccccc1)C(=O)N[C@@H](CCCCN)C(N)=O. The number of aromatic amines is 3. The number of imidazole rings is 1. The molecule has 14 N–H and O–H groups in total. The molecule has 0 unspecified atom stereocenters. The van der Waals surface area contributed by atoms with Gasteiger partial charge in [0, 0.05) is 66.7 Å². The van der Waals surface area contributed by atoms with Crippen molar-refractivity contribution < 1.29 is 32.4 Å². The predicted octanol–water partition coefficient (Wildman–Crippen LogP) is 0.205. The van der Waals surface area contributed by atoms with Crippen molar-refractivity contribution in [2.75, 3.05) is 13.6 Å². The lowest BCUT2D eigenvalue weighted by atomic mass is 10.0.